The first-order valence-electron chi connectivity index (χ1n) is 5.06. The lowest BCUT2D eigenvalue weighted by molar-refractivity contribution is 0.103. The number of carbonyl (C=O) groups is 1. The number of hydrogen-bond acceptors (Lipinski definition) is 2. The van der Waals surface area contributed by atoms with Gasteiger partial charge in [-0.25, -0.2) is 4.39 Å². The molecule has 0 saturated heterocycles. The van der Waals surface area contributed by atoms with E-state index in [1.165, 1.54) is 23.5 Å². The highest BCUT2D eigenvalue weighted by Gasteiger charge is 2.18. The zero-order chi connectivity index (χ0) is 12.6. The Bertz CT molecular complexity index is 589. The maximum Gasteiger partial charge on any atom is 0.206 e. The zero-order valence-electron chi connectivity index (χ0n) is 9.38. The summed E-state index contributed by atoms with van der Waals surface area (Å²) in [5, 5.41) is 0. The molecule has 2 aromatic rings. The van der Waals surface area contributed by atoms with Gasteiger partial charge in [0, 0.05) is 9.35 Å². The summed E-state index contributed by atoms with van der Waals surface area (Å²) >= 11 is 4.57. The van der Waals surface area contributed by atoms with Crippen molar-refractivity contribution in [3.05, 3.63) is 55.4 Å². The summed E-state index contributed by atoms with van der Waals surface area (Å²) in [4.78, 5) is 13.8. The highest BCUT2D eigenvalue weighted by molar-refractivity contribution is 9.10. The third kappa shape index (κ3) is 2.48. The number of thiophene rings is 1. The smallest absolute Gasteiger partial charge is 0.206 e. The summed E-state index contributed by atoms with van der Waals surface area (Å²) in [7, 11) is 0. The number of benzene rings is 1. The van der Waals surface area contributed by atoms with Crippen LogP contribution in [0.3, 0.4) is 0 Å². The van der Waals surface area contributed by atoms with Crippen LogP contribution in [0.2, 0.25) is 0 Å². The molecule has 1 nitrogen and oxygen atoms in total. The molecular weight excluding hydrogens is 303 g/mol. The topological polar surface area (TPSA) is 17.1 Å². The summed E-state index contributed by atoms with van der Waals surface area (Å²) in [5.74, 6) is -0.736. The molecule has 0 aliphatic carbocycles. The van der Waals surface area contributed by atoms with Gasteiger partial charge in [0.05, 0.1) is 10.4 Å². The average molecular weight is 313 g/mol. The Morgan fingerprint density at radius 3 is 2.53 bits per heavy atom. The van der Waals surface area contributed by atoms with E-state index >= 15 is 0 Å². The number of aryl methyl sites for hydroxylation is 2. The number of hydrogen-bond donors (Lipinski definition) is 0. The van der Waals surface area contributed by atoms with Crippen LogP contribution in [0.4, 0.5) is 4.39 Å². The Hall–Kier alpha value is -1.00. The van der Waals surface area contributed by atoms with Crippen molar-refractivity contribution in [2.24, 2.45) is 0 Å². The van der Waals surface area contributed by atoms with Crippen molar-refractivity contribution in [1.29, 1.82) is 0 Å². The van der Waals surface area contributed by atoms with Crippen LogP contribution in [0.15, 0.2) is 28.7 Å². The predicted octanol–water partition coefficient (Wildman–Crippen LogP) is 4.50. The average Bonchev–Trinajstić information content (AvgIpc) is 2.57. The van der Waals surface area contributed by atoms with Crippen LogP contribution in [0.5, 0.6) is 0 Å². The van der Waals surface area contributed by atoms with E-state index in [2.05, 4.69) is 15.9 Å². The van der Waals surface area contributed by atoms with E-state index in [0.29, 0.717) is 9.35 Å². The fraction of sp³-hybridized carbons (Fsp3) is 0.154. The summed E-state index contributed by atoms with van der Waals surface area (Å²) in [6, 6.07) is 6.43. The molecule has 88 valence electrons. The maximum absolute atomic E-state index is 13.7. The van der Waals surface area contributed by atoms with E-state index in [9.17, 15) is 9.18 Å². The van der Waals surface area contributed by atoms with Crippen molar-refractivity contribution >= 4 is 33.0 Å². The van der Waals surface area contributed by atoms with Crippen molar-refractivity contribution in [3.63, 3.8) is 0 Å². The monoisotopic (exact) mass is 312 g/mol. The Morgan fingerprint density at radius 2 is 2.00 bits per heavy atom. The first-order valence-corrected chi connectivity index (χ1v) is 6.67. The van der Waals surface area contributed by atoms with Gasteiger partial charge in [-0.05, 0) is 43.7 Å². The first-order chi connectivity index (χ1) is 7.99. The Kier molecular flexibility index (Phi) is 3.45. The standard InChI is InChI=1S/C13H10BrFOS/c1-7-5-8(2)17-13(7)12(16)10-4-3-9(14)6-11(10)15/h3-6H,1-2H3. The molecule has 0 amide bonds. The lowest BCUT2D eigenvalue weighted by Crippen LogP contribution is -2.03. The minimum atomic E-state index is -0.491. The molecule has 2 rings (SSSR count). The molecule has 0 fully saturated rings. The largest absolute Gasteiger partial charge is 0.288 e. The zero-order valence-corrected chi connectivity index (χ0v) is 11.8. The molecule has 1 aromatic heterocycles. The van der Waals surface area contributed by atoms with Crippen LogP contribution in [0, 0.1) is 19.7 Å². The van der Waals surface area contributed by atoms with Gasteiger partial charge in [0.25, 0.3) is 0 Å². The highest BCUT2D eigenvalue weighted by Crippen LogP contribution is 2.26. The van der Waals surface area contributed by atoms with Crippen LogP contribution in [0.1, 0.15) is 25.7 Å². The van der Waals surface area contributed by atoms with E-state index in [1.54, 1.807) is 6.07 Å². The summed E-state index contributed by atoms with van der Waals surface area (Å²) < 4.78 is 14.3. The quantitative estimate of drug-likeness (QED) is 0.746. The lowest BCUT2D eigenvalue weighted by atomic mass is 10.1. The Balaban J connectivity index is 2.47. The van der Waals surface area contributed by atoms with Crippen molar-refractivity contribution in [2.45, 2.75) is 13.8 Å². The van der Waals surface area contributed by atoms with Gasteiger partial charge in [0.1, 0.15) is 5.82 Å². The van der Waals surface area contributed by atoms with E-state index in [1.807, 2.05) is 19.9 Å². The van der Waals surface area contributed by atoms with Gasteiger partial charge in [-0.2, -0.15) is 0 Å². The van der Waals surface area contributed by atoms with Crippen LogP contribution >= 0.6 is 27.3 Å². The second kappa shape index (κ2) is 4.70. The van der Waals surface area contributed by atoms with E-state index in [4.69, 9.17) is 0 Å². The van der Waals surface area contributed by atoms with Crippen LogP contribution in [-0.4, -0.2) is 5.78 Å². The van der Waals surface area contributed by atoms with Crippen LogP contribution in [-0.2, 0) is 0 Å². The van der Waals surface area contributed by atoms with Gasteiger partial charge in [0.15, 0.2) is 0 Å². The molecule has 0 aliphatic rings. The van der Waals surface area contributed by atoms with Crippen LogP contribution < -0.4 is 0 Å². The SMILES string of the molecule is Cc1cc(C)c(C(=O)c2ccc(Br)cc2F)s1. The molecule has 0 unspecified atom stereocenters. The van der Waals surface area contributed by atoms with Crippen molar-refractivity contribution in [2.75, 3.05) is 0 Å². The second-order valence-corrected chi connectivity index (χ2v) is 5.99. The third-order valence-corrected chi connectivity index (χ3v) is 4.07. The summed E-state index contributed by atoms with van der Waals surface area (Å²) in [5.41, 5.74) is 1.03. The molecule has 4 heteroatoms. The maximum atomic E-state index is 13.7. The fourth-order valence-electron chi connectivity index (χ4n) is 1.66. The Labute approximate surface area is 111 Å². The molecular formula is C13H10BrFOS. The van der Waals surface area contributed by atoms with Gasteiger partial charge in [0.2, 0.25) is 5.78 Å². The molecule has 17 heavy (non-hydrogen) atoms. The van der Waals surface area contributed by atoms with E-state index in [0.717, 1.165) is 10.4 Å². The van der Waals surface area contributed by atoms with E-state index in [-0.39, 0.29) is 11.3 Å². The molecule has 0 atom stereocenters. The van der Waals surface area contributed by atoms with E-state index < -0.39 is 5.82 Å². The lowest BCUT2D eigenvalue weighted by Gasteiger charge is -2.02. The van der Waals surface area contributed by atoms with Crippen molar-refractivity contribution in [1.82, 2.24) is 0 Å². The molecule has 0 N–H and O–H groups in total. The van der Waals surface area contributed by atoms with Crippen molar-refractivity contribution < 1.29 is 9.18 Å². The van der Waals surface area contributed by atoms with Gasteiger partial charge in [-0.15, -0.1) is 11.3 Å². The van der Waals surface area contributed by atoms with Gasteiger partial charge in [-0.1, -0.05) is 15.9 Å². The minimum Gasteiger partial charge on any atom is -0.288 e. The van der Waals surface area contributed by atoms with Gasteiger partial charge in [-0.3, -0.25) is 4.79 Å². The van der Waals surface area contributed by atoms with Crippen molar-refractivity contribution in [3.8, 4) is 0 Å². The third-order valence-electron chi connectivity index (χ3n) is 2.42. The molecule has 0 bridgehead atoms. The highest BCUT2D eigenvalue weighted by atomic mass is 79.9. The Morgan fingerprint density at radius 1 is 1.29 bits per heavy atom. The molecule has 0 radical (unpaired) electrons. The molecule has 1 heterocycles. The predicted molar refractivity (Wildman–Crippen MR) is 71.3 cm³/mol. The fourth-order valence-corrected chi connectivity index (χ4v) is 2.98. The second-order valence-electron chi connectivity index (χ2n) is 3.82. The molecule has 1 aromatic carbocycles. The van der Waals surface area contributed by atoms with Gasteiger partial charge < -0.3 is 0 Å². The number of carbonyl (C=O) groups excluding carboxylic acids is 1. The molecule has 0 spiro atoms. The number of rotatable bonds is 2. The van der Waals surface area contributed by atoms with Crippen LogP contribution in [0.25, 0.3) is 0 Å². The summed E-state index contributed by atoms with van der Waals surface area (Å²) in [6.45, 7) is 3.81. The summed E-state index contributed by atoms with van der Waals surface area (Å²) in [6.07, 6.45) is 0. The first kappa shape index (κ1) is 12.5. The number of ketones is 1. The molecule has 0 saturated carbocycles. The molecule has 0 aliphatic heterocycles. The number of halogens is 2. The van der Waals surface area contributed by atoms with Gasteiger partial charge >= 0.3 is 0 Å². The minimum absolute atomic E-state index is 0.123. The normalized spacial score (nSPS) is 10.6.